The predicted molar refractivity (Wildman–Crippen MR) is 42.5 cm³/mol. The summed E-state index contributed by atoms with van der Waals surface area (Å²) in [6, 6.07) is 6.48. The molecule has 0 spiro atoms. The molecule has 1 aliphatic heterocycles. The molecule has 2 heteroatoms. The Morgan fingerprint density at radius 2 is 1.00 bits per heavy atom. The molecule has 0 N–H and O–H groups in total. The molecular weight excluding hydrogens is 128 g/mol. The molecule has 8 heavy (non-hydrogen) atoms. The number of hydrogen-bond acceptors (Lipinski definition) is 0. The highest BCUT2D eigenvalue weighted by Gasteiger charge is 2.15. The summed E-state index contributed by atoms with van der Waals surface area (Å²) in [5.74, 6) is 0. The second-order valence-electron chi connectivity index (χ2n) is 2.91. The van der Waals surface area contributed by atoms with Crippen molar-refractivity contribution >= 4 is 17.6 Å². The smallest absolute Gasteiger partial charge is 0.0440 e. The van der Waals surface area contributed by atoms with E-state index in [0.717, 1.165) is 0 Å². The maximum Gasteiger partial charge on any atom is 0.0440 e. The lowest BCUT2D eigenvalue weighted by Crippen LogP contribution is -2.20. The van der Waals surface area contributed by atoms with Crippen LogP contribution in [0.4, 0.5) is 0 Å². The molecule has 1 heterocycles. The minimum atomic E-state index is 0.200. The van der Waals surface area contributed by atoms with Gasteiger partial charge in [0.1, 0.15) is 0 Å². The topological polar surface area (TPSA) is 0 Å². The first-order chi connectivity index (χ1) is 3.79. The zero-order valence-corrected chi connectivity index (χ0v) is 7.83. The van der Waals surface area contributed by atoms with Gasteiger partial charge in [0.05, 0.1) is 0 Å². The van der Waals surface area contributed by atoms with Crippen molar-refractivity contribution in [3.63, 3.8) is 0 Å². The fourth-order valence-corrected chi connectivity index (χ4v) is 8.43. The summed E-state index contributed by atoms with van der Waals surface area (Å²) in [5, 5.41) is 0. The van der Waals surface area contributed by atoms with Crippen molar-refractivity contribution in [1.29, 1.82) is 0 Å². The fraction of sp³-hybridized carbons (Fsp3) is 1.00. The molecule has 1 fully saturated rings. The minimum absolute atomic E-state index is 0.200. The molecule has 1 saturated heterocycles. The predicted octanol–water partition coefficient (Wildman–Crippen LogP) is 2.25. The van der Waals surface area contributed by atoms with Gasteiger partial charge in [-0.15, -0.1) is 0 Å². The second kappa shape index (κ2) is 2.83. The molecule has 0 aliphatic carbocycles. The Kier molecular flexibility index (Phi) is 2.32. The first kappa shape index (κ1) is 6.55. The van der Waals surface area contributed by atoms with E-state index in [4.69, 9.17) is 0 Å². The van der Waals surface area contributed by atoms with Crippen LogP contribution in [-0.2, 0) is 0 Å². The van der Waals surface area contributed by atoms with Crippen LogP contribution in [0.5, 0.6) is 0 Å². The van der Waals surface area contributed by atoms with E-state index >= 15 is 0 Å². The molecule has 0 aromatic rings. The van der Waals surface area contributed by atoms with Crippen LogP contribution in [0.15, 0.2) is 0 Å². The summed E-state index contributed by atoms with van der Waals surface area (Å²) in [7, 11) is 0.400. The molecule has 0 aromatic heterocycles. The maximum atomic E-state index is 2.49. The van der Waals surface area contributed by atoms with Crippen molar-refractivity contribution in [3.8, 4) is 0 Å². The van der Waals surface area contributed by atoms with E-state index in [9.17, 15) is 0 Å². The first-order valence-electron chi connectivity index (χ1n) is 3.41. The quantitative estimate of drug-likeness (QED) is 0.455. The summed E-state index contributed by atoms with van der Waals surface area (Å²) in [6.45, 7) is 4.97. The Morgan fingerprint density at radius 3 is 1.25 bits per heavy atom. The van der Waals surface area contributed by atoms with Crippen molar-refractivity contribution in [2.24, 2.45) is 0 Å². The Labute approximate surface area is 55.5 Å². The molecule has 1 rings (SSSR count). The summed E-state index contributed by atoms with van der Waals surface area (Å²) >= 11 is 0. The van der Waals surface area contributed by atoms with Crippen molar-refractivity contribution < 1.29 is 0 Å². The van der Waals surface area contributed by atoms with E-state index < -0.39 is 0 Å². The van der Waals surface area contributed by atoms with Gasteiger partial charge < -0.3 is 0 Å². The molecule has 46 valence electrons. The zero-order chi connectivity index (χ0) is 5.98. The highest BCUT2D eigenvalue weighted by atomic mass is 28.3. The third-order valence-corrected chi connectivity index (χ3v) is 7.37. The van der Waals surface area contributed by atoms with Gasteiger partial charge in [0.2, 0.25) is 0 Å². The van der Waals surface area contributed by atoms with E-state index in [0.29, 0.717) is 0 Å². The van der Waals surface area contributed by atoms with Gasteiger partial charge in [0.25, 0.3) is 0 Å². The summed E-state index contributed by atoms with van der Waals surface area (Å²) < 4.78 is 0. The Morgan fingerprint density at radius 1 is 0.750 bits per heavy atom. The summed E-state index contributed by atoms with van der Waals surface area (Å²) in [4.78, 5) is 0. The Bertz CT molecular complexity index is 54.9. The largest absolute Gasteiger partial charge is 0.0711 e. The zero-order valence-electron chi connectivity index (χ0n) is 5.83. The van der Waals surface area contributed by atoms with Crippen LogP contribution >= 0.6 is 0 Å². The average molecular weight is 142 g/mol. The minimum Gasteiger partial charge on any atom is -0.0711 e. The van der Waals surface area contributed by atoms with E-state index in [2.05, 4.69) is 13.1 Å². The maximum absolute atomic E-state index is 2.49. The highest BCUT2D eigenvalue weighted by Crippen LogP contribution is 2.19. The van der Waals surface area contributed by atoms with Crippen molar-refractivity contribution in [3.05, 3.63) is 0 Å². The lowest BCUT2D eigenvalue weighted by atomic mass is 10.9. The molecule has 0 aromatic carbocycles. The van der Waals surface area contributed by atoms with Gasteiger partial charge in [-0.3, -0.25) is 0 Å². The molecule has 1 aliphatic rings. The third kappa shape index (κ3) is 1.74. The monoisotopic (exact) mass is 142 g/mol. The Hall–Kier alpha value is 0.434. The van der Waals surface area contributed by atoms with E-state index in [-0.39, 0.29) is 17.6 Å². The molecule has 2 radical (unpaired) electrons. The third-order valence-electron chi connectivity index (χ3n) is 1.96. The van der Waals surface area contributed by atoms with Crippen LogP contribution in [0.1, 0.15) is 0 Å². The van der Waals surface area contributed by atoms with Crippen LogP contribution < -0.4 is 0 Å². The van der Waals surface area contributed by atoms with Gasteiger partial charge in [0, 0.05) is 17.6 Å². The van der Waals surface area contributed by atoms with Gasteiger partial charge in [-0.05, 0) is 0 Å². The molecule has 0 unspecified atom stereocenters. The summed E-state index contributed by atoms with van der Waals surface area (Å²) in [5.41, 5.74) is 0. The van der Waals surface area contributed by atoms with Gasteiger partial charge in [-0.2, -0.15) is 0 Å². The Balaban J connectivity index is 2.19. The standard InChI is InChI=1S/C6H14Si2/c1-7-3-5-8(2)6-4-7/h3-6H2,1-2H3. The summed E-state index contributed by atoms with van der Waals surface area (Å²) in [6.07, 6.45) is 0. The van der Waals surface area contributed by atoms with Crippen LogP contribution in [0, 0.1) is 0 Å². The van der Waals surface area contributed by atoms with E-state index in [1.165, 1.54) is 0 Å². The van der Waals surface area contributed by atoms with Crippen molar-refractivity contribution in [2.75, 3.05) is 0 Å². The fourth-order valence-electron chi connectivity index (χ4n) is 1.10. The van der Waals surface area contributed by atoms with Crippen LogP contribution in [0.3, 0.4) is 0 Å². The van der Waals surface area contributed by atoms with Gasteiger partial charge in [-0.1, -0.05) is 37.3 Å². The van der Waals surface area contributed by atoms with Crippen LogP contribution in [-0.4, -0.2) is 17.6 Å². The molecule has 0 amide bonds. The number of hydrogen-bond donors (Lipinski definition) is 0. The van der Waals surface area contributed by atoms with E-state index in [1.54, 1.807) is 24.2 Å². The lowest BCUT2D eigenvalue weighted by Gasteiger charge is -2.19. The highest BCUT2D eigenvalue weighted by molar-refractivity contribution is 6.68. The van der Waals surface area contributed by atoms with Gasteiger partial charge in [0.15, 0.2) is 0 Å². The van der Waals surface area contributed by atoms with Crippen LogP contribution in [0.2, 0.25) is 37.3 Å². The molecular formula is C6H14Si2. The van der Waals surface area contributed by atoms with Gasteiger partial charge >= 0.3 is 0 Å². The van der Waals surface area contributed by atoms with Crippen molar-refractivity contribution in [2.45, 2.75) is 37.3 Å². The van der Waals surface area contributed by atoms with Crippen LogP contribution in [0.25, 0.3) is 0 Å². The molecule has 0 bridgehead atoms. The van der Waals surface area contributed by atoms with E-state index in [1.807, 2.05) is 0 Å². The second-order valence-corrected chi connectivity index (χ2v) is 8.74. The lowest BCUT2D eigenvalue weighted by molar-refractivity contribution is 1.18. The normalized spacial score (nSPS) is 26.2. The molecule has 0 saturated carbocycles. The van der Waals surface area contributed by atoms with Gasteiger partial charge in [-0.25, -0.2) is 0 Å². The molecule has 0 atom stereocenters. The average Bonchev–Trinajstić information content (AvgIpc) is 1.77. The first-order valence-corrected chi connectivity index (χ1v) is 8.24. The SMILES string of the molecule is C[Si]1CC[Si](C)CC1. The molecule has 0 nitrogen and oxygen atoms in total. The number of rotatable bonds is 0. The van der Waals surface area contributed by atoms with Crippen molar-refractivity contribution in [1.82, 2.24) is 0 Å².